The predicted molar refractivity (Wildman–Crippen MR) is 141 cm³/mol. The molecule has 12 heteroatoms. The van der Waals surface area contributed by atoms with Crippen LogP contribution in [0.3, 0.4) is 0 Å². The smallest absolute Gasteiger partial charge is 0.407 e. The van der Waals surface area contributed by atoms with Crippen LogP contribution in [-0.2, 0) is 13.6 Å². The number of benzene rings is 1. The summed E-state index contributed by atoms with van der Waals surface area (Å²) in [5.74, 6) is 1.16. The Labute approximate surface area is 217 Å². The number of azide groups is 1. The molecule has 12 nitrogen and oxygen atoms in total. The number of likely N-dealkylation sites (N-methyl/N-ethyl adjacent to an activating group) is 1. The Hall–Kier alpha value is -4.57. The number of nitrogens with zero attached hydrogens (tertiary/aromatic N) is 9. The number of carboxylic acid groups (broad SMARTS) is 1. The van der Waals surface area contributed by atoms with Crippen molar-refractivity contribution in [3.05, 3.63) is 58.6 Å². The third kappa shape index (κ3) is 3.99. The normalized spacial score (nSPS) is 19.2. The van der Waals surface area contributed by atoms with Crippen molar-refractivity contribution in [2.75, 3.05) is 20.1 Å². The molecule has 6 rings (SSSR count). The molecule has 2 aliphatic rings. The zero-order chi connectivity index (χ0) is 26.6. The van der Waals surface area contributed by atoms with Gasteiger partial charge in [-0.1, -0.05) is 5.11 Å². The molecule has 4 heterocycles. The first kappa shape index (κ1) is 23.8. The zero-order valence-electron chi connectivity index (χ0n) is 21.1. The van der Waals surface area contributed by atoms with Gasteiger partial charge in [0, 0.05) is 55.8 Å². The van der Waals surface area contributed by atoms with Crippen molar-refractivity contribution in [3.8, 4) is 11.5 Å². The van der Waals surface area contributed by atoms with Crippen LogP contribution in [0, 0.1) is 5.92 Å². The van der Waals surface area contributed by atoms with Gasteiger partial charge in [0.25, 0.3) is 5.91 Å². The highest BCUT2D eigenvalue weighted by molar-refractivity contribution is 5.98. The maximum atomic E-state index is 13.4. The number of hydrogen-bond donors (Lipinski definition) is 1. The van der Waals surface area contributed by atoms with E-state index in [0.29, 0.717) is 17.0 Å². The molecule has 1 saturated heterocycles. The average molecular weight is 514 g/mol. The summed E-state index contributed by atoms with van der Waals surface area (Å²) in [6.45, 7) is 1.03. The van der Waals surface area contributed by atoms with E-state index in [1.807, 2.05) is 29.9 Å². The fourth-order valence-electron chi connectivity index (χ4n) is 5.42. The molecule has 0 unspecified atom stereocenters. The van der Waals surface area contributed by atoms with Crippen molar-refractivity contribution in [1.29, 1.82) is 0 Å². The molecule has 0 radical (unpaired) electrons. The molecule has 2 fully saturated rings. The van der Waals surface area contributed by atoms with Gasteiger partial charge < -0.3 is 24.0 Å². The van der Waals surface area contributed by atoms with Crippen LogP contribution in [0.1, 0.15) is 23.2 Å². The first-order valence-electron chi connectivity index (χ1n) is 12.6. The number of aryl methyl sites for hydroxylation is 1. The van der Waals surface area contributed by atoms with E-state index in [0.717, 1.165) is 39.5 Å². The SMILES string of the molecule is CN(C(=O)c1ccc2c(c1)nc(-c1cc3cccnc3n1CC1CC1)n2C)[C@@H]1CN(C(=O)O)C[C@H]1N=[N+]=[N-]. The third-order valence-electron chi connectivity index (χ3n) is 7.70. The fraction of sp³-hybridized carbons (Fsp3) is 0.385. The van der Waals surface area contributed by atoms with Gasteiger partial charge in [0.15, 0.2) is 5.82 Å². The monoisotopic (exact) mass is 513 g/mol. The van der Waals surface area contributed by atoms with Gasteiger partial charge in [-0.2, -0.15) is 0 Å². The van der Waals surface area contributed by atoms with E-state index in [2.05, 4.69) is 31.7 Å². The lowest BCUT2D eigenvalue weighted by Gasteiger charge is -2.27. The summed E-state index contributed by atoms with van der Waals surface area (Å²) in [6.07, 6.45) is 3.15. The summed E-state index contributed by atoms with van der Waals surface area (Å²) in [5.41, 5.74) is 12.9. The highest BCUT2D eigenvalue weighted by Gasteiger charge is 2.39. The van der Waals surface area contributed by atoms with Crippen molar-refractivity contribution in [2.45, 2.75) is 31.5 Å². The van der Waals surface area contributed by atoms with Crippen molar-refractivity contribution in [3.63, 3.8) is 0 Å². The van der Waals surface area contributed by atoms with E-state index in [1.54, 1.807) is 19.2 Å². The summed E-state index contributed by atoms with van der Waals surface area (Å²) in [4.78, 5) is 40.0. The summed E-state index contributed by atoms with van der Waals surface area (Å²) < 4.78 is 4.28. The van der Waals surface area contributed by atoms with Gasteiger partial charge >= 0.3 is 6.09 Å². The summed E-state index contributed by atoms with van der Waals surface area (Å²) in [5, 5.41) is 14.2. The molecule has 0 spiro atoms. The van der Waals surface area contributed by atoms with Crippen LogP contribution < -0.4 is 0 Å². The predicted octanol–water partition coefficient (Wildman–Crippen LogP) is 4.11. The minimum atomic E-state index is -1.11. The van der Waals surface area contributed by atoms with Crippen LogP contribution in [-0.4, -0.2) is 78.2 Å². The summed E-state index contributed by atoms with van der Waals surface area (Å²) in [7, 11) is 3.57. The first-order valence-corrected chi connectivity index (χ1v) is 12.6. The zero-order valence-corrected chi connectivity index (χ0v) is 21.1. The van der Waals surface area contributed by atoms with Crippen molar-refractivity contribution in [2.24, 2.45) is 18.1 Å². The molecular weight excluding hydrogens is 486 g/mol. The standard InChI is InChI=1S/C26H27N9O3/c1-32-20-8-7-17(25(36)33(2)22-14-34(26(37)38)13-19(22)30-31-27)10-18(20)29-24(32)21-11-16-4-3-9-28-23(16)35(21)12-15-5-6-15/h3-4,7-11,15,19,22H,5-6,12-14H2,1-2H3,(H,37,38)/t19-,22-/m1/s1. The number of fused-ring (bicyclic) bond motifs is 2. The molecule has 4 aromatic rings. The number of hydrogen-bond acceptors (Lipinski definition) is 5. The van der Waals surface area contributed by atoms with E-state index in [1.165, 1.54) is 17.7 Å². The van der Waals surface area contributed by atoms with Crippen LogP contribution in [0.25, 0.3) is 44.0 Å². The Morgan fingerprint density at radius 3 is 2.79 bits per heavy atom. The van der Waals surface area contributed by atoms with E-state index in [4.69, 9.17) is 10.5 Å². The number of likely N-dealkylation sites (tertiary alicyclic amines) is 1. The molecule has 2 atom stereocenters. The first-order chi connectivity index (χ1) is 18.4. The number of imidazole rings is 1. The highest BCUT2D eigenvalue weighted by atomic mass is 16.4. The number of aromatic nitrogens is 4. The van der Waals surface area contributed by atoms with Crippen LogP contribution >= 0.6 is 0 Å². The van der Waals surface area contributed by atoms with Gasteiger partial charge in [0.1, 0.15) is 5.65 Å². The lowest BCUT2D eigenvalue weighted by molar-refractivity contribution is 0.0724. The summed E-state index contributed by atoms with van der Waals surface area (Å²) >= 11 is 0. The minimum absolute atomic E-state index is 0.0496. The van der Waals surface area contributed by atoms with Crippen LogP contribution in [0.2, 0.25) is 0 Å². The van der Waals surface area contributed by atoms with Crippen molar-refractivity contribution in [1.82, 2.24) is 28.9 Å². The molecule has 1 aromatic carbocycles. The number of pyridine rings is 1. The maximum Gasteiger partial charge on any atom is 0.407 e. The lowest BCUT2D eigenvalue weighted by atomic mass is 10.1. The van der Waals surface area contributed by atoms with E-state index in [-0.39, 0.29) is 19.0 Å². The van der Waals surface area contributed by atoms with E-state index < -0.39 is 18.2 Å². The second-order valence-corrected chi connectivity index (χ2v) is 10.1. The van der Waals surface area contributed by atoms with Crippen LogP contribution in [0.15, 0.2) is 47.7 Å². The second kappa shape index (κ2) is 9.07. The van der Waals surface area contributed by atoms with Gasteiger partial charge in [-0.25, -0.2) is 14.8 Å². The molecule has 2 amide bonds. The number of amides is 2. The van der Waals surface area contributed by atoms with Gasteiger partial charge in [0.05, 0.1) is 28.8 Å². The lowest BCUT2D eigenvalue weighted by Crippen LogP contribution is -2.43. The summed E-state index contributed by atoms with van der Waals surface area (Å²) in [6, 6.07) is 10.3. The average Bonchev–Trinajstić information content (AvgIpc) is 3.38. The number of rotatable bonds is 6. The Balaban J connectivity index is 1.35. The largest absolute Gasteiger partial charge is 0.465 e. The van der Waals surface area contributed by atoms with Gasteiger partial charge in [0.2, 0.25) is 0 Å². The molecule has 1 saturated carbocycles. The maximum absolute atomic E-state index is 13.4. The third-order valence-corrected chi connectivity index (χ3v) is 7.70. The molecule has 38 heavy (non-hydrogen) atoms. The Morgan fingerprint density at radius 1 is 1.24 bits per heavy atom. The Bertz CT molecular complexity index is 1630. The molecule has 1 aliphatic heterocycles. The topological polar surface area (TPSA) is 145 Å². The molecule has 194 valence electrons. The highest BCUT2D eigenvalue weighted by Crippen LogP contribution is 2.36. The van der Waals surface area contributed by atoms with E-state index >= 15 is 0 Å². The molecule has 3 aromatic heterocycles. The van der Waals surface area contributed by atoms with Gasteiger partial charge in [-0.05, 0) is 60.7 Å². The molecular formula is C26H27N9O3. The number of carbonyl (C=O) groups is 2. The van der Waals surface area contributed by atoms with E-state index in [9.17, 15) is 14.7 Å². The Kier molecular flexibility index (Phi) is 5.68. The molecule has 1 N–H and O–H groups in total. The quantitative estimate of drug-likeness (QED) is 0.234. The van der Waals surface area contributed by atoms with Gasteiger partial charge in [-0.3, -0.25) is 4.79 Å². The van der Waals surface area contributed by atoms with Crippen LogP contribution in [0.4, 0.5) is 4.79 Å². The Morgan fingerprint density at radius 2 is 2.05 bits per heavy atom. The minimum Gasteiger partial charge on any atom is -0.465 e. The fourth-order valence-corrected chi connectivity index (χ4v) is 5.42. The molecule has 0 bridgehead atoms. The van der Waals surface area contributed by atoms with Crippen molar-refractivity contribution < 1.29 is 14.7 Å². The van der Waals surface area contributed by atoms with Crippen LogP contribution in [0.5, 0.6) is 0 Å². The number of carbonyl (C=O) groups excluding carboxylic acids is 1. The second-order valence-electron chi connectivity index (χ2n) is 10.1. The van der Waals surface area contributed by atoms with Gasteiger partial charge in [-0.15, -0.1) is 0 Å². The molecule has 1 aliphatic carbocycles. The van der Waals surface area contributed by atoms with Crippen molar-refractivity contribution >= 4 is 34.1 Å².